The number of phenols is 1. The van der Waals surface area contributed by atoms with Crippen molar-refractivity contribution in [3.05, 3.63) is 45.9 Å². The van der Waals surface area contributed by atoms with Crippen LogP contribution in [0.25, 0.3) is 0 Å². The number of carbonyl (C=O) groups excluding carboxylic acids is 2. The van der Waals surface area contributed by atoms with Gasteiger partial charge in [0.25, 0.3) is 0 Å². The second-order valence-electron chi connectivity index (χ2n) is 9.43. The highest BCUT2D eigenvalue weighted by molar-refractivity contribution is 6.16. The third-order valence-electron chi connectivity index (χ3n) is 7.15. The molecule has 4 rings (SSSR count). The molecule has 0 saturated heterocycles. The van der Waals surface area contributed by atoms with Gasteiger partial charge >= 0.3 is 0 Å². The fraction of sp³-hybridized carbons (Fsp3) is 0.478. The minimum absolute atomic E-state index is 0.0194. The van der Waals surface area contributed by atoms with Crippen molar-refractivity contribution in [2.24, 2.45) is 17.6 Å². The van der Waals surface area contributed by atoms with Crippen LogP contribution in [0.4, 0.5) is 5.69 Å². The summed E-state index contributed by atoms with van der Waals surface area (Å²) < 4.78 is 0. The number of Topliss-reactive ketones (excluding diaryl/α,β-unsaturated/α-hetero) is 2. The zero-order chi connectivity index (χ0) is 24.6. The minimum Gasteiger partial charge on any atom is -0.510 e. The lowest BCUT2D eigenvalue weighted by molar-refractivity contribution is -0.148. The molecule has 178 valence electrons. The molecule has 0 aromatic heterocycles. The molecule has 0 heterocycles. The highest BCUT2D eigenvalue weighted by atomic mass is 16.4. The molecule has 0 spiro atoms. The first-order valence-corrected chi connectivity index (χ1v) is 10.6. The highest BCUT2D eigenvalue weighted by Crippen LogP contribution is 2.53. The zero-order valence-electron chi connectivity index (χ0n) is 18.9. The molecule has 33 heavy (non-hydrogen) atoms. The van der Waals surface area contributed by atoms with Gasteiger partial charge in [-0.25, -0.2) is 0 Å². The number of carbonyl (C=O) groups is 2. The largest absolute Gasteiger partial charge is 0.510 e. The van der Waals surface area contributed by atoms with E-state index in [1.807, 2.05) is 19.0 Å². The Balaban J connectivity index is 1.97. The number of allylic oxidation sites excluding steroid dienone is 1. The molecule has 7 N–H and O–H groups in total. The Morgan fingerprint density at radius 3 is 2.30 bits per heavy atom. The van der Waals surface area contributed by atoms with E-state index in [1.165, 1.54) is 6.07 Å². The van der Waals surface area contributed by atoms with Crippen molar-refractivity contribution < 1.29 is 35.1 Å². The van der Waals surface area contributed by atoms with E-state index in [9.17, 15) is 35.1 Å². The fourth-order valence-electron chi connectivity index (χ4n) is 5.73. The van der Waals surface area contributed by atoms with Crippen molar-refractivity contribution in [1.29, 1.82) is 0 Å². The molecule has 1 aromatic rings. The van der Waals surface area contributed by atoms with E-state index >= 15 is 0 Å². The Bertz CT molecular complexity index is 1120. The van der Waals surface area contributed by atoms with E-state index in [4.69, 9.17) is 5.73 Å². The lowest BCUT2D eigenvalue weighted by atomic mass is 9.58. The van der Waals surface area contributed by atoms with Gasteiger partial charge in [-0.05, 0) is 50.6 Å². The Kier molecular flexibility index (Phi) is 5.32. The third kappa shape index (κ3) is 3.02. The van der Waals surface area contributed by atoms with Gasteiger partial charge in [-0.15, -0.1) is 0 Å². The average Bonchev–Trinajstić information content (AvgIpc) is 2.70. The number of aliphatic hydroxyl groups excluding tert-OH is 3. The van der Waals surface area contributed by atoms with Crippen molar-refractivity contribution in [3.63, 3.8) is 0 Å². The van der Waals surface area contributed by atoms with E-state index in [1.54, 1.807) is 25.1 Å². The summed E-state index contributed by atoms with van der Waals surface area (Å²) in [5.41, 5.74) is 3.55. The predicted octanol–water partition coefficient (Wildman–Crippen LogP) is -0.0216. The monoisotopic (exact) mass is 459 g/mol. The van der Waals surface area contributed by atoms with Crippen LogP contribution in [0.1, 0.15) is 22.3 Å². The number of fused-ring (bicyclic) bond motifs is 3. The maximum Gasteiger partial charge on any atom is 0.205 e. The Hall–Kier alpha value is -2.92. The molecule has 0 amide bonds. The van der Waals surface area contributed by atoms with Crippen molar-refractivity contribution in [2.45, 2.75) is 30.7 Å². The van der Waals surface area contributed by atoms with E-state index in [0.717, 1.165) is 5.69 Å². The third-order valence-corrected chi connectivity index (χ3v) is 7.15. The minimum atomic E-state index is -2.56. The number of nitrogens with two attached hydrogens (primary N) is 1. The summed E-state index contributed by atoms with van der Waals surface area (Å²) in [7, 11) is 6.86. The van der Waals surface area contributed by atoms with Crippen LogP contribution in [0.15, 0.2) is 34.8 Å². The number of hydrogen-bond acceptors (Lipinski definition) is 10. The molecule has 0 bridgehead atoms. The molecule has 3 aliphatic rings. The normalized spacial score (nSPS) is 30.2. The van der Waals surface area contributed by atoms with Crippen LogP contribution < -0.4 is 10.6 Å². The van der Waals surface area contributed by atoms with E-state index in [-0.39, 0.29) is 29.7 Å². The number of phenolic OH excluding ortho intramolecular Hbond substituents is 1. The van der Waals surface area contributed by atoms with Crippen LogP contribution in [-0.2, 0) is 11.2 Å². The molecule has 0 aliphatic heterocycles. The van der Waals surface area contributed by atoms with Crippen molar-refractivity contribution in [1.82, 2.24) is 4.90 Å². The molecule has 1 aromatic carbocycles. The van der Waals surface area contributed by atoms with Crippen LogP contribution in [0.2, 0.25) is 0 Å². The molecule has 10 nitrogen and oxygen atoms in total. The summed E-state index contributed by atoms with van der Waals surface area (Å²) in [5, 5.41) is 54.0. The second-order valence-corrected chi connectivity index (χ2v) is 9.43. The van der Waals surface area contributed by atoms with E-state index in [2.05, 4.69) is 0 Å². The van der Waals surface area contributed by atoms with Gasteiger partial charge in [0.15, 0.2) is 11.4 Å². The summed E-state index contributed by atoms with van der Waals surface area (Å²) in [6.45, 7) is 0. The first-order valence-electron chi connectivity index (χ1n) is 10.6. The summed E-state index contributed by atoms with van der Waals surface area (Å²) in [5.74, 6) is -4.95. The maximum atomic E-state index is 13.5. The number of rotatable bonds is 3. The number of hydrogen-bond donors (Lipinski definition) is 6. The Morgan fingerprint density at radius 1 is 1.12 bits per heavy atom. The van der Waals surface area contributed by atoms with Gasteiger partial charge in [0, 0.05) is 31.3 Å². The summed E-state index contributed by atoms with van der Waals surface area (Å²) >= 11 is 0. The number of anilines is 1. The van der Waals surface area contributed by atoms with Crippen LogP contribution >= 0.6 is 0 Å². The molecule has 0 saturated carbocycles. The lowest BCUT2D eigenvalue weighted by Crippen LogP contribution is -2.64. The van der Waals surface area contributed by atoms with Gasteiger partial charge in [0.05, 0.1) is 17.2 Å². The van der Waals surface area contributed by atoms with Gasteiger partial charge in [0.2, 0.25) is 5.78 Å². The van der Waals surface area contributed by atoms with Gasteiger partial charge in [0.1, 0.15) is 23.5 Å². The molecular formula is C23H29N3O7. The van der Waals surface area contributed by atoms with Gasteiger partial charge < -0.3 is 36.2 Å². The highest BCUT2D eigenvalue weighted by Gasteiger charge is 2.63. The Morgan fingerprint density at radius 2 is 1.76 bits per heavy atom. The van der Waals surface area contributed by atoms with E-state index in [0.29, 0.717) is 5.56 Å². The average molecular weight is 459 g/mol. The SMILES string of the molecule is CN(C)c1ccc(O)c2c1C[C@H]1C[C@H]3[C@H](N(C)C)C(O)=C(C(N)O)C(=O)[C@@]3(O)C(O)=C1C2=O. The van der Waals surface area contributed by atoms with Gasteiger partial charge in [-0.2, -0.15) is 0 Å². The zero-order valence-corrected chi connectivity index (χ0v) is 18.9. The summed E-state index contributed by atoms with van der Waals surface area (Å²) in [6, 6.07) is 2.14. The standard InChI is InChI=1S/C23H29N3O7/c1-25(2)12-5-6-13(27)15-10(12)7-9-8-11-17(26(3)4)19(29)16(22(24)32)21(31)23(11,33)20(30)14(9)18(15)28/h5-6,9,11,17,22,27,29-30,32-33H,7-8,24H2,1-4H3/t9-,11-,17-,22?,23-/m0/s1. The summed E-state index contributed by atoms with van der Waals surface area (Å²) in [6.07, 6.45) is -1.52. The van der Waals surface area contributed by atoms with Crippen molar-refractivity contribution in [2.75, 3.05) is 33.1 Å². The molecule has 1 unspecified atom stereocenters. The molecular weight excluding hydrogens is 430 g/mol. The molecule has 0 fully saturated rings. The first-order chi connectivity index (χ1) is 15.3. The van der Waals surface area contributed by atoms with Crippen LogP contribution in [0, 0.1) is 11.8 Å². The van der Waals surface area contributed by atoms with Gasteiger partial charge in [-0.3, -0.25) is 14.5 Å². The van der Waals surface area contributed by atoms with Gasteiger partial charge in [-0.1, -0.05) is 0 Å². The number of nitrogens with zero attached hydrogens (tertiary/aromatic N) is 2. The van der Waals surface area contributed by atoms with Crippen molar-refractivity contribution in [3.8, 4) is 5.75 Å². The topological polar surface area (TPSA) is 168 Å². The Labute approximate surface area is 190 Å². The smallest absolute Gasteiger partial charge is 0.205 e. The summed E-state index contributed by atoms with van der Waals surface area (Å²) in [4.78, 5) is 30.2. The lowest BCUT2D eigenvalue weighted by Gasteiger charge is -2.50. The molecule has 10 heteroatoms. The van der Waals surface area contributed by atoms with Crippen molar-refractivity contribution >= 4 is 17.3 Å². The maximum absolute atomic E-state index is 13.5. The molecule has 5 atom stereocenters. The predicted molar refractivity (Wildman–Crippen MR) is 119 cm³/mol. The van der Waals surface area contributed by atoms with E-state index < -0.39 is 58.4 Å². The number of benzene rings is 1. The number of aliphatic hydroxyl groups is 4. The van der Waals surface area contributed by atoms with Crippen LogP contribution in [0.5, 0.6) is 5.75 Å². The number of ketones is 2. The number of likely N-dealkylation sites (N-methyl/N-ethyl adjacent to an activating group) is 1. The van der Waals surface area contributed by atoms with Crippen LogP contribution in [-0.4, -0.2) is 88.1 Å². The molecule has 0 radical (unpaired) electrons. The first kappa shape index (κ1) is 23.2. The van der Waals surface area contributed by atoms with Crippen LogP contribution in [0.3, 0.4) is 0 Å². The second kappa shape index (κ2) is 7.56. The molecule has 3 aliphatic carbocycles. The fourth-order valence-corrected chi connectivity index (χ4v) is 5.73. The quantitative estimate of drug-likeness (QED) is 0.338. The number of aromatic hydroxyl groups is 1.